The van der Waals surface area contributed by atoms with Crippen molar-refractivity contribution in [3.05, 3.63) is 29.3 Å². The van der Waals surface area contributed by atoms with Gasteiger partial charge in [-0.15, -0.1) is 0 Å². The molecule has 2 aliphatic carbocycles. The first-order valence-electron chi connectivity index (χ1n) is 7.99. The number of carbonyl (C=O) groups is 1. The van der Waals surface area contributed by atoms with Crippen molar-refractivity contribution in [2.45, 2.75) is 51.1 Å². The Hall–Kier alpha value is -1.55. The van der Waals surface area contributed by atoms with Crippen LogP contribution in [0.25, 0.3) is 0 Å². The molecule has 1 saturated carbocycles. The maximum Gasteiger partial charge on any atom is 0.260 e. The van der Waals surface area contributed by atoms with Crippen LogP contribution in [0.4, 0.5) is 0 Å². The van der Waals surface area contributed by atoms with Crippen LogP contribution in [0.2, 0.25) is 0 Å². The third kappa shape index (κ3) is 3.21. The normalized spacial score (nSPS) is 20.8. The summed E-state index contributed by atoms with van der Waals surface area (Å²) in [7, 11) is 0. The maximum atomic E-state index is 12.2. The van der Waals surface area contributed by atoms with Crippen molar-refractivity contribution in [1.29, 1.82) is 0 Å². The van der Waals surface area contributed by atoms with E-state index < -0.39 is 0 Å². The molecule has 4 nitrogen and oxygen atoms in total. The Kier molecular flexibility index (Phi) is 4.15. The van der Waals surface area contributed by atoms with Crippen LogP contribution in [0.5, 0.6) is 5.75 Å². The van der Waals surface area contributed by atoms with Crippen molar-refractivity contribution in [1.82, 2.24) is 4.90 Å². The molecule has 2 aliphatic rings. The van der Waals surface area contributed by atoms with Gasteiger partial charge in [0.1, 0.15) is 5.75 Å². The standard InChI is InChI=1S/C17H24N2O2/c1-2-19(13-7-8-13)17(20)11-21-14-9-6-12-4-3-5-16(18)15(12)10-14/h6,9-10,13,16H,2-5,7-8,11,18H2,1H3/t16-/m1/s1. The smallest absolute Gasteiger partial charge is 0.260 e. The highest BCUT2D eigenvalue weighted by Crippen LogP contribution is 2.31. The molecule has 1 atom stereocenters. The molecule has 3 rings (SSSR count). The minimum absolute atomic E-state index is 0.0852. The fourth-order valence-electron chi connectivity index (χ4n) is 3.16. The maximum absolute atomic E-state index is 12.2. The second kappa shape index (κ2) is 6.06. The van der Waals surface area contributed by atoms with Crippen LogP contribution in [0.1, 0.15) is 49.8 Å². The van der Waals surface area contributed by atoms with Gasteiger partial charge in [-0.1, -0.05) is 6.07 Å². The Morgan fingerprint density at radius 3 is 2.90 bits per heavy atom. The van der Waals surface area contributed by atoms with Crippen LogP contribution >= 0.6 is 0 Å². The van der Waals surface area contributed by atoms with Gasteiger partial charge in [-0.3, -0.25) is 4.79 Å². The molecule has 1 aromatic rings. The van der Waals surface area contributed by atoms with Gasteiger partial charge in [0.25, 0.3) is 5.91 Å². The summed E-state index contributed by atoms with van der Waals surface area (Å²) in [5.74, 6) is 0.841. The lowest BCUT2D eigenvalue weighted by molar-refractivity contribution is -0.133. The van der Waals surface area contributed by atoms with Crippen molar-refractivity contribution < 1.29 is 9.53 Å². The first-order chi connectivity index (χ1) is 10.2. The number of ether oxygens (including phenoxy) is 1. The fraction of sp³-hybridized carbons (Fsp3) is 0.588. The molecule has 1 aromatic carbocycles. The summed E-state index contributed by atoms with van der Waals surface area (Å²) in [5, 5.41) is 0. The predicted octanol–water partition coefficient (Wildman–Crippen LogP) is 2.41. The Morgan fingerprint density at radius 2 is 2.19 bits per heavy atom. The van der Waals surface area contributed by atoms with Gasteiger partial charge in [0, 0.05) is 18.6 Å². The quantitative estimate of drug-likeness (QED) is 0.905. The van der Waals surface area contributed by atoms with Crippen LogP contribution in [0.3, 0.4) is 0 Å². The molecule has 0 radical (unpaired) electrons. The summed E-state index contributed by atoms with van der Waals surface area (Å²) >= 11 is 0. The monoisotopic (exact) mass is 288 g/mol. The molecule has 0 unspecified atom stereocenters. The molecule has 0 aliphatic heterocycles. The molecule has 114 valence electrons. The molecule has 1 fully saturated rings. The van der Waals surface area contributed by atoms with Crippen molar-refractivity contribution in [3.63, 3.8) is 0 Å². The van der Waals surface area contributed by atoms with Crippen molar-refractivity contribution in [2.24, 2.45) is 5.73 Å². The number of rotatable bonds is 5. The average Bonchev–Trinajstić information content (AvgIpc) is 3.31. The third-order valence-corrected chi connectivity index (χ3v) is 4.49. The zero-order chi connectivity index (χ0) is 14.8. The van der Waals surface area contributed by atoms with E-state index in [9.17, 15) is 4.79 Å². The predicted molar refractivity (Wildman–Crippen MR) is 82.2 cm³/mol. The Bertz CT molecular complexity index is 526. The van der Waals surface area contributed by atoms with E-state index in [2.05, 4.69) is 6.07 Å². The summed E-state index contributed by atoms with van der Waals surface area (Å²) < 4.78 is 5.70. The fourth-order valence-corrected chi connectivity index (χ4v) is 3.16. The lowest BCUT2D eigenvalue weighted by Crippen LogP contribution is -2.36. The van der Waals surface area contributed by atoms with Gasteiger partial charge < -0.3 is 15.4 Å². The number of aryl methyl sites for hydroxylation is 1. The van der Waals surface area contributed by atoms with E-state index in [0.29, 0.717) is 6.04 Å². The molecule has 21 heavy (non-hydrogen) atoms. The SMILES string of the molecule is CCN(C(=O)COc1ccc2c(c1)[C@H](N)CCC2)C1CC1. The van der Waals surface area contributed by atoms with E-state index >= 15 is 0 Å². The van der Waals surface area contributed by atoms with Gasteiger partial charge in [0.05, 0.1) is 0 Å². The molecular formula is C17H24N2O2. The molecule has 0 saturated heterocycles. The number of benzene rings is 1. The van der Waals surface area contributed by atoms with Gasteiger partial charge in [0.15, 0.2) is 6.61 Å². The second-order valence-corrected chi connectivity index (χ2v) is 6.06. The van der Waals surface area contributed by atoms with Crippen molar-refractivity contribution in [3.8, 4) is 5.75 Å². The van der Waals surface area contributed by atoms with Gasteiger partial charge in [-0.05, 0) is 62.3 Å². The number of carbonyl (C=O) groups excluding carboxylic acids is 1. The Morgan fingerprint density at radius 1 is 1.38 bits per heavy atom. The lowest BCUT2D eigenvalue weighted by Gasteiger charge is -2.23. The number of fused-ring (bicyclic) bond motifs is 1. The largest absolute Gasteiger partial charge is 0.484 e. The van der Waals surface area contributed by atoms with E-state index in [0.717, 1.165) is 44.4 Å². The summed E-state index contributed by atoms with van der Waals surface area (Å²) in [6.45, 7) is 2.91. The minimum atomic E-state index is 0.0852. The molecule has 1 amide bonds. The Balaban J connectivity index is 1.62. The van der Waals surface area contributed by atoms with Crippen molar-refractivity contribution >= 4 is 5.91 Å². The van der Waals surface area contributed by atoms with Crippen molar-refractivity contribution in [2.75, 3.05) is 13.2 Å². The summed E-state index contributed by atoms with van der Waals surface area (Å²) in [6.07, 6.45) is 5.54. The zero-order valence-electron chi connectivity index (χ0n) is 12.7. The molecule has 0 spiro atoms. The lowest BCUT2D eigenvalue weighted by atomic mass is 9.88. The van der Waals surface area contributed by atoms with Gasteiger partial charge >= 0.3 is 0 Å². The summed E-state index contributed by atoms with van der Waals surface area (Å²) in [4.78, 5) is 14.1. The van der Waals surface area contributed by atoms with Crippen LogP contribution in [-0.4, -0.2) is 30.0 Å². The van der Waals surface area contributed by atoms with Crippen LogP contribution in [0.15, 0.2) is 18.2 Å². The number of likely N-dealkylation sites (N-methyl/N-ethyl adjacent to an activating group) is 1. The van der Waals surface area contributed by atoms with Gasteiger partial charge in [-0.2, -0.15) is 0 Å². The van der Waals surface area contributed by atoms with E-state index in [1.807, 2.05) is 24.0 Å². The molecule has 2 N–H and O–H groups in total. The molecular weight excluding hydrogens is 264 g/mol. The van der Waals surface area contributed by atoms with E-state index in [1.54, 1.807) is 0 Å². The molecule has 4 heteroatoms. The molecule has 0 heterocycles. The molecule has 0 bridgehead atoms. The number of nitrogens with two attached hydrogens (primary N) is 1. The van der Waals surface area contributed by atoms with Crippen LogP contribution in [0, 0.1) is 0 Å². The second-order valence-electron chi connectivity index (χ2n) is 6.06. The number of hydrogen-bond donors (Lipinski definition) is 1. The average molecular weight is 288 g/mol. The minimum Gasteiger partial charge on any atom is -0.484 e. The Labute approximate surface area is 126 Å². The number of amides is 1. The number of hydrogen-bond acceptors (Lipinski definition) is 3. The van der Waals surface area contributed by atoms with Crippen LogP contribution in [-0.2, 0) is 11.2 Å². The summed E-state index contributed by atoms with van der Waals surface area (Å²) in [6, 6.07) is 6.61. The summed E-state index contributed by atoms with van der Waals surface area (Å²) in [5.41, 5.74) is 8.66. The first-order valence-corrected chi connectivity index (χ1v) is 7.99. The third-order valence-electron chi connectivity index (χ3n) is 4.49. The first kappa shape index (κ1) is 14.4. The van der Waals surface area contributed by atoms with E-state index in [1.165, 1.54) is 11.1 Å². The highest BCUT2D eigenvalue weighted by molar-refractivity contribution is 5.78. The zero-order valence-corrected chi connectivity index (χ0v) is 12.7. The topological polar surface area (TPSA) is 55.6 Å². The van der Waals surface area contributed by atoms with Gasteiger partial charge in [-0.25, -0.2) is 0 Å². The van der Waals surface area contributed by atoms with E-state index in [4.69, 9.17) is 10.5 Å². The highest BCUT2D eigenvalue weighted by Gasteiger charge is 2.31. The van der Waals surface area contributed by atoms with E-state index in [-0.39, 0.29) is 18.6 Å². The number of nitrogens with zero attached hydrogens (tertiary/aromatic N) is 1. The van der Waals surface area contributed by atoms with Gasteiger partial charge in [0.2, 0.25) is 0 Å². The molecule has 0 aromatic heterocycles. The van der Waals surface area contributed by atoms with Crippen LogP contribution < -0.4 is 10.5 Å². The highest BCUT2D eigenvalue weighted by atomic mass is 16.5.